The molecule has 0 aromatic heterocycles. The van der Waals surface area contributed by atoms with Gasteiger partial charge in [0, 0.05) is 0 Å². The molecular formula is C14H17NO5S. The minimum Gasteiger partial charge on any atom is -0.269 e. The number of imide groups is 1. The molecule has 0 radical (unpaired) electrons. The maximum atomic E-state index is 12.4. The Hall–Kier alpha value is -1.73. The smallest absolute Gasteiger partial charge is 0.264 e. The van der Waals surface area contributed by atoms with Gasteiger partial charge in [-0.25, -0.2) is 0 Å². The van der Waals surface area contributed by atoms with Gasteiger partial charge in [-0.15, -0.1) is 0 Å². The fraction of sp³-hybridized carbons (Fsp3) is 0.429. The predicted octanol–water partition coefficient (Wildman–Crippen LogP) is 1.28. The van der Waals surface area contributed by atoms with Gasteiger partial charge in [0.25, 0.3) is 21.9 Å². The van der Waals surface area contributed by atoms with Gasteiger partial charge in [-0.05, 0) is 18.1 Å². The molecule has 1 aromatic carbocycles. The molecule has 1 atom stereocenters. The Bertz CT molecular complexity index is 645. The predicted molar refractivity (Wildman–Crippen MR) is 76.4 cm³/mol. The van der Waals surface area contributed by atoms with Crippen molar-refractivity contribution in [1.82, 2.24) is 4.90 Å². The molecule has 0 unspecified atom stereocenters. The van der Waals surface area contributed by atoms with Crippen molar-refractivity contribution in [3.05, 3.63) is 35.4 Å². The Morgan fingerprint density at radius 3 is 1.95 bits per heavy atom. The van der Waals surface area contributed by atoms with E-state index in [-0.39, 0.29) is 12.5 Å². The number of carbonyl (C=O) groups is 2. The molecule has 2 rings (SSSR count). The van der Waals surface area contributed by atoms with Crippen molar-refractivity contribution in [2.45, 2.75) is 19.9 Å². The molecule has 0 bridgehead atoms. The number of benzene rings is 1. The van der Waals surface area contributed by atoms with E-state index in [1.165, 1.54) is 0 Å². The average molecular weight is 311 g/mol. The molecule has 1 aliphatic heterocycles. The lowest BCUT2D eigenvalue weighted by Gasteiger charge is -2.28. The Balaban J connectivity index is 2.31. The third-order valence-electron chi connectivity index (χ3n) is 3.38. The fourth-order valence-electron chi connectivity index (χ4n) is 2.27. The summed E-state index contributed by atoms with van der Waals surface area (Å²) in [4.78, 5) is 25.9. The highest BCUT2D eigenvalue weighted by molar-refractivity contribution is 7.85. The van der Waals surface area contributed by atoms with Crippen LogP contribution in [-0.2, 0) is 14.3 Å². The van der Waals surface area contributed by atoms with Crippen LogP contribution in [0.5, 0.6) is 0 Å². The van der Waals surface area contributed by atoms with Crippen LogP contribution in [0, 0.1) is 5.92 Å². The summed E-state index contributed by atoms with van der Waals surface area (Å²) in [6.07, 6.45) is 0.937. The molecule has 0 saturated carbocycles. The molecule has 1 heterocycles. The molecule has 7 heteroatoms. The standard InChI is InChI=1S/C14H17NO5S/c1-9(2)12(8-20-21(3,18)19)15-13(16)10-6-4-5-7-11(10)14(15)17/h4-7,9,12H,8H2,1-3H3/t12-/m1/s1. The highest BCUT2D eigenvalue weighted by Crippen LogP contribution is 2.27. The van der Waals surface area contributed by atoms with Gasteiger partial charge in [-0.2, -0.15) is 8.42 Å². The third-order valence-corrected chi connectivity index (χ3v) is 3.94. The number of carbonyl (C=O) groups excluding carboxylic acids is 2. The van der Waals surface area contributed by atoms with Crippen LogP contribution in [0.3, 0.4) is 0 Å². The highest BCUT2D eigenvalue weighted by Gasteiger charge is 2.41. The highest BCUT2D eigenvalue weighted by atomic mass is 32.2. The molecule has 6 nitrogen and oxygen atoms in total. The number of nitrogens with zero attached hydrogens (tertiary/aromatic N) is 1. The minimum atomic E-state index is -3.63. The van der Waals surface area contributed by atoms with Crippen molar-refractivity contribution in [1.29, 1.82) is 0 Å². The lowest BCUT2D eigenvalue weighted by atomic mass is 10.0. The van der Waals surface area contributed by atoms with Gasteiger partial charge in [-0.1, -0.05) is 26.0 Å². The maximum absolute atomic E-state index is 12.4. The normalized spacial score (nSPS) is 16.5. The van der Waals surface area contributed by atoms with Crippen LogP contribution in [0.2, 0.25) is 0 Å². The summed E-state index contributed by atoms with van der Waals surface area (Å²) < 4.78 is 27.1. The van der Waals surface area contributed by atoms with Crippen molar-refractivity contribution >= 4 is 21.9 Å². The molecule has 0 N–H and O–H groups in total. The van der Waals surface area contributed by atoms with E-state index in [0.29, 0.717) is 11.1 Å². The number of hydrogen-bond donors (Lipinski definition) is 0. The van der Waals surface area contributed by atoms with Crippen LogP contribution in [-0.4, -0.2) is 44.0 Å². The summed E-state index contributed by atoms with van der Waals surface area (Å²) in [5.74, 6) is -0.952. The third kappa shape index (κ3) is 3.14. The van der Waals surface area contributed by atoms with E-state index in [4.69, 9.17) is 4.18 Å². The van der Waals surface area contributed by atoms with E-state index in [0.717, 1.165) is 11.2 Å². The Labute approximate surface area is 123 Å². The average Bonchev–Trinajstić information content (AvgIpc) is 2.63. The second kappa shape index (κ2) is 5.57. The van der Waals surface area contributed by atoms with Crippen LogP contribution in [0.4, 0.5) is 0 Å². The largest absolute Gasteiger partial charge is 0.269 e. The number of fused-ring (bicyclic) bond motifs is 1. The maximum Gasteiger partial charge on any atom is 0.264 e. The van der Waals surface area contributed by atoms with Crippen LogP contribution < -0.4 is 0 Å². The molecule has 0 spiro atoms. The monoisotopic (exact) mass is 311 g/mol. The molecule has 114 valence electrons. The molecule has 21 heavy (non-hydrogen) atoms. The Morgan fingerprint density at radius 2 is 1.57 bits per heavy atom. The zero-order chi connectivity index (χ0) is 15.8. The SMILES string of the molecule is CC(C)[C@@H](COS(C)(=O)=O)N1C(=O)c2ccccc2C1=O. The van der Waals surface area contributed by atoms with Gasteiger partial charge in [0.05, 0.1) is 30.0 Å². The van der Waals surface area contributed by atoms with Gasteiger partial charge >= 0.3 is 0 Å². The van der Waals surface area contributed by atoms with E-state index in [2.05, 4.69) is 0 Å². The number of amides is 2. The molecule has 0 fully saturated rings. The molecule has 2 amide bonds. The summed E-state index contributed by atoms with van der Waals surface area (Å²) in [5, 5.41) is 0. The van der Waals surface area contributed by atoms with Crippen molar-refractivity contribution < 1.29 is 22.2 Å². The summed E-state index contributed by atoms with van der Waals surface area (Å²) in [5.41, 5.74) is 0.681. The van der Waals surface area contributed by atoms with Crippen molar-refractivity contribution in [2.24, 2.45) is 5.92 Å². The fourth-order valence-corrected chi connectivity index (χ4v) is 2.65. The van der Waals surface area contributed by atoms with Crippen molar-refractivity contribution in [3.63, 3.8) is 0 Å². The van der Waals surface area contributed by atoms with Crippen LogP contribution in [0.15, 0.2) is 24.3 Å². The number of rotatable bonds is 5. The first-order valence-electron chi connectivity index (χ1n) is 6.53. The quantitative estimate of drug-likeness (QED) is 0.604. The second-order valence-electron chi connectivity index (χ2n) is 5.33. The van der Waals surface area contributed by atoms with Crippen molar-refractivity contribution in [2.75, 3.05) is 12.9 Å². The van der Waals surface area contributed by atoms with E-state index < -0.39 is 28.0 Å². The van der Waals surface area contributed by atoms with Crippen LogP contribution >= 0.6 is 0 Å². The minimum absolute atomic E-state index is 0.131. The Morgan fingerprint density at radius 1 is 1.10 bits per heavy atom. The first-order valence-corrected chi connectivity index (χ1v) is 8.35. The van der Waals surface area contributed by atoms with Gasteiger partial charge in [0.2, 0.25) is 0 Å². The summed E-state index contributed by atoms with van der Waals surface area (Å²) in [7, 11) is -3.63. The van der Waals surface area contributed by atoms with E-state index in [1.54, 1.807) is 38.1 Å². The Kier molecular flexibility index (Phi) is 4.15. The summed E-state index contributed by atoms with van der Waals surface area (Å²) in [6, 6.07) is 5.91. The number of hydrogen-bond acceptors (Lipinski definition) is 5. The summed E-state index contributed by atoms with van der Waals surface area (Å²) >= 11 is 0. The van der Waals surface area contributed by atoms with E-state index in [9.17, 15) is 18.0 Å². The van der Waals surface area contributed by atoms with E-state index in [1.807, 2.05) is 0 Å². The zero-order valence-electron chi connectivity index (χ0n) is 12.1. The van der Waals surface area contributed by atoms with Gasteiger partial charge in [0.1, 0.15) is 0 Å². The molecule has 1 aromatic rings. The summed E-state index contributed by atoms with van der Waals surface area (Å²) in [6.45, 7) is 3.38. The second-order valence-corrected chi connectivity index (χ2v) is 6.97. The van der Waals surface area contributed by atoms with Gasteiger partial charge in [-0.3, -0.25) is 18.7 Å². The topological polar surface area (TPSA) is 80.8 Å². The molecule has 1 aliphatic rings. The molecule has 0 aliphatic carbocycles. The zero-order valence-corrected chi connectivity index (χ0v) is 12.9. The van der Waals surface area contributed by atoms with Gasteiger partial charge < -0.3 is 0 Å². The lowest BCUT2D eigenvalue weighted by Crippen LogP contribution is -2.46. The van der Waals surface area contributed by atoms with Gasteiger partial charge in [0.15, 0.2) is 0 Å². The molecule has 0 saturated heterocycles. The van der Waals surface area contributed by atoms with Crippen LogP contribution in [0.1, 0.15) is 34.6 Å². The van der Waals surface area contributed by atoms with Crippen LogP contribution in [0.25, 0.3) is 0 Å². The first-order chi connectivity index (χ1) is 9.72. The first kappa shape index (κ1) is 15.7. The van der Waals surface area contributed by atoms with E-state index >= 15 is 0 Å². The molecular weight excluding hydrogens is 294 g/mol. The van der Waals surface area contributed by atoms with Crippen molar-refractivity contribution in [3.8, 4) is 0 Å². The lowest BCUT2D eigenvalue weighted by molar-refractivity contribution is 0.0476.